The number of hydrogen-bond donors (Lipinski definition) is 1. The van der Waals surface area contributed by atoms with Crippen LogP contribution in [0.15, 0.2) is 17.2 Å². The zero-order valence-corrected chi connectivity index (χ0v) is 8.13. The van der Waals surface area contributed by atoms with E-state index in [1.165, 1.54) is 0 Å². The van der Waals surface area contributed by atoms with Crippen LogP contribution in [-0.2, 0) is 13.1 Å². The van der Waals surface area contributed by atoms with E-state index in [0.29, 0.717) is 0 Å². The molecule has 12 heavy (non-hydrogen) atoms. The Morgan fingerprint density at radius 2 is 2.08 bits per heavy atom. The van der Waals surface area contributed by atoms with Gasteiger partial charge in [-0.3, -0.25) is 9.13 Å². The second-order valence-corrected chi connectivity index (χ2v) is 3.08. The van der Waals surface area contributed by atoms with E-state index in [9.17, 15) is 4.79 Å². The molecular formula is C8H14N2OS. The summed E-state index contributed by atoms with van der Waals surface area (Å²) in [6, 6.07) is 0. The maximum absolute atomic E-state index is 11.4. The lowest BCUT2D eigenvalue weighted by molar-refractivity contribution is 0.620. The first-order chi connectivity index (χ1) is 5.79. The van der Waals surface area contributed by atoms with E-state index in [2.05, 4.69) is 12.6 Å². The Hall–Kier alpha value is -0.640. The molecule has 0 atom stereocenters. The second-order valence-electron chi connectivity index (χ2n) is 2.64. The quantitative estimate of drug-likeness (QED) is 0.697. The number of imidazole rings is 1. The highest BCUT2D eigenvalue weighted by molar-refractivity contribution is 7.80. The van der Waals surface area contributed by atoms with Crippen LogP contribution in [0.1, 0.15) is 13.3 Å². The molecule has 1 aromatic heterocycles. The summed E-state index contributed by atoms with van der Waals surface area (Å²) in [5.74, 6) is 0.823. The molecule has 0 aliphatic carbocycles. The number of aromatic nitrogens is 2. The van der Waals surface area contributed by atoms with E-state index < -0.39 is 0 Å². The molecule has 1 aromatic rings. The van der Waals surface area contributed by atoms with E-state index >= 15 is 0 Å². The topological polar surface area (TPSA) is 26.9 Å². The molecule has 0 spiro atoms. The minimum absolute atomic E-state index is 0.0827. The van der Waals surface area contributed by atoms with Gasteiger partial charge >= 0.3 is 5.69 Å². The highest BCUT2D eigenvalue weighted by atomic mass is 32.1. The van der Waals surface area contributed by atoms with E-state index in [1.54, 1.807) is 9.13 Å². The molecule has 1 heterocycles. The Morgan fingerprint density at radius 1 is 1.42 bits per heavy atom. The van der Waals surface area contributed by atoms with Gasteiger partial charge in [-0.05, 0) is 19.1 Å². The Balaban J connectivity index is 2.73. The van der Waals surface area contributed by atoms with Gasteiger partial charge in [0.25, 0.3) is 0 Å². The fraction of sp³-hybridized carbons (Fsp3) is 0.625. The summed E-state index contributed by atoms with van der Waals surface area (Å²) in [5.41, 5.74) is 0.0827. The first kappa shape index (κ1) is 9.45. The fourth-order valence-electron chi connectivity index (χ4n) is 1.11. The number of aryl methyl sites for hydroxylation is 2. The van der Waals surface area contributed by atoms with Gasteiger partial charge in [-0.2, -0.15) is 12.6 Å². The standard InChI is InChI=1S/C8H14N2OS/c1-2-9-5-6-10(8(9)11)4-3-7-12/h5-6,12H,2-4,7H2,1H3. The van der Waals surface area contributed by atoms with E-state index in [4.69, 9.17) is 0 Å². The van der Waals surface area contributed by atoms with Crippen LogP contribution in [0, 0.1) is 0 Å². The van der Waals surface area contributed by atoms with E-state index in [0.717, 1.165) is 25.3 Å². The molecule has 0 saturated carbocycles. The summed E-state index contributed by atoms with van der Waals surface area (Å²) in [6.07, 6.45) is 4.59. The van der Waals surface area contributed by atoms with Crippen molar-refractivity contribution in [3.05, 3.63) is 22.9 Å². The van der Waals surface area contributed by atoms with Crippen molar-refractivity contribution < 1.29 is 0 Å². The molecule has 3 nitrogen and oxygen atoms in total. The third kappa shape index (κ3) is 1.94. The van der Waals surface area contributed by atoms with Crippen molar-refractivity contribution in [3.63, 3.8) is 0 Å². The second kappa shape index (κ2) is 4.40. The molecule has 0 unspecified atom stereocenters. The van der Waals surface area contributed by atoms with Gasteiger partial charge in [-0.1, -0.05) is 0 Å². The van der Waals surface area contributed by atoms with Crippen LogP contribution in [0.3, 0.4) is 0 Å². The van der Waals surface area contributed by atoms with Crippen molar-refractivity contribution in [1.29, 1.82) is 0 Å². The summed E-state index contributed by atoms with van der Waals surface area (Å²) in [4.78, 5) is 11.4. The minimum Gasteiger partial charge on any atom is -0.300 e. The zero-order valence-electron chi connectivity index (χ0n) is 7.23. The molecule has 0 radical (unpaired) electrons. The maximum atomic E-state index is 11.4. The van der Waals surface area contributed by atoms with Crippen LogP contribution in [0.2, 0.25) is 0 Å². The molecule has 0 aromatic carbocycles. The lowest BCUT2D eigenvalue weighted by atomic mass is 10.5. The molecule has 0 bridgehead atoms. The van der Waals surface area contributed by atoms with Crippen LogP contribution >= 0.6 is 12.6 Å². The molecule has 0 aliphatic heterocycles. The minimum atomic E-state index is 0.0827. The van der Waals surface area contributed by atoms with Gasteiger partial charge in [0.15, 0.2) is 0 Å². The van der Waals surface area contributed by atoms with Crippen LogP contribution in [0.5, 0.6) is 0 Å². The van der Waals surface area contributed by atoms with Crippen LogP contribution in [0.25, 0.3) is 0 Å². The highest BCUT2D eigenvalue weighted by Crippen LogP contribution is 1.90. The predicted molar refractivity (Wildman–Crippen MR) is 52.8 cm³/mol. The highest BCUT2D eigenvalue weighted by Gasteiger charge is 1.99. The van der Waals surface area contributed by atoms with Gasteiger partial charge in [-0.25, -0.2) is 4.79 Å². The van der Waals surface area contributed by atoms with E-state index in [-0.39, 0.29) is 5.69 Å². The first-order valence-corrected chi connectivity index (χ1v) is 4.79. The Kier molecular flexibility index (Phi) is 3.47. The normalized spacial score (nSPS) is 10.5. The summed E-state index contributed by atoms with van der Waals surface area (Å²) in [5, 5.41) is 0. The summed E-state index contributed by atoms with van der Waals surface area (Å²) < 4.78 is 3.41. The Morgan fingerprint density at radius 3 is 2.58 bits per heavy atom. The number of thiol groups is 1. The van der Waals surface area contributed by atoms with Crippen molar-refractivity contribution >= 4 is 12.6 Å². The molecule has 0 N–H and O–H groups in total. The van der Waals surface area contributed by atoms with Gasteiger partial charge < -0.3 is 0 Å². The Bertz CT molecular complexity index is 289. The molecule has 0 fully saturated rings. The smallest absolute Gasteiger partial charge is 0.300 e. The Labute approximate surface area is 77.4 Å². The molecule has 0 saturated heterocycles. The van der Waals surface area contributed by atoms with Crippen molar-refractivity contribution in [1.82, 2.24) is 9.13 Å². The van der Waals surface area contributed by atoms with Gasteiger partial charge in [0.05, 0.1) is 0 Å². The fourth-order valence-corrected chi connectivity index (χ4v) is 1.25. The van der Waals surface area contributed by atoms with E-state index in [1.807, 2.05) is 19.3 Å². The zero-order chi connectivity index (χ0) is 8.97. The largest absolute Gasteiger partial charge is 0.328 e. The van der Waals surface area contributed by atoms with Gasteiger partial charge in [0, 0.05) is 25.5 Å². The van der Waals surface area contributed by atoms with Crippen molar-refractivity contribution in [2.24, 2.45) is 0 Å². The van der Waals surface area contributed by atoms with Crippen LogP contribution in [0.4, 0.5) is 0 Å². The molecule has 68 valence electrons. The third-order valence-electron chi connectivity index (χ3n) is 1.82. The summed E-state index contributed by atoms with van der Waals surface area (Å²) in [7, 11) is 0. The van der Waals surface area contributed by atoms with Gasteiger partial charge in [0.2, 0.25) is 0 Å². The SMILES string of the molecule is CCn1ccn(CCCS)c1=O. The van der Waals surface area contributed by atoms with Crippen molar-refractivity contribution in [3.8, 4) is 0 Å². The third-order valence-corrected chi connectivity index (χ3v) is 2.13. The monoisotopic (exact) mass is 186 g/mol. The summed E-state index contributed by atoms with van der Waals surface area (Å²) >= 11 is 4.09. The molecule has 4 heteroatoms. The van der Waals surface area contributed by atoms with Crippen molar-refractivity contribution in [2.75, 3.05) is 5.75 Å². The lowest BCUT2D eigenvalue weighted by Gasteiger charge is -1.97. The van der Waals surface area contributed by atoms with Gasteiger partial charge in [0.1, 0.15) is 0 Å². The van der Waals surface area contributed by atoms with Crippen molar-refractivity contribution in [2.45, 2.75) is 26.4 Å². The van der Waals surface area contributed by atoms with Crippen LogP contribution < -0.4 is 5.69 Å². The maximum Gasteiger partial charge on any atom is 0.328 e. The van der Waals surface area contributed by atoms with Gasteiger partial charge in [-0.15, -0.1) is 0 Å². The van der Waals surface area contributed by atoms with Crippen LogP contribution in [-0.4, -0.2) is 14.9 Å². The number of nitrogens with zero attached hydrogens (tertiary/aromatic N) is 2. The average Bonchev–Trinajstić information content (AvgIpc) is 2.43. The molecule has 1 rings (SSSR count). The molecular weight excluding hydrogens is 172 g/mol. The number of rotatable bonds is 4. The average molecular weight is 186 g/mol. The summed E-state index contributed by atoms with van der Waals surface area (Å²) in [6.45, 7) is 3.48. The molecule has 0 amide bonds. The number of hydrogen-bond acceptors (Lipinski definition) is 2. The predicted octanol–water partition coefficient (Wildman–Crippen LogP) is 0.990. The molecule has 0 aliphatic rings. The lowest BCUT2D eigenvalue weighted by Crippen LogP contribution is -2.23. The first-order valence-electron chi connectivity index (χ1n) is 4.16.